The molecule has 2 amide bonds. The Morgan fingerprint density at radius 1 is 1.33 bits per heavy atom. The summed E-state index contributed by atoms with van der Waals surface area (Å²) < 4.78 is 0. The van der Waals surface area contributed by atoms with Gasteiger partial charge in [-0.2, -0.15) is 0 Å². The van der Waals surface area contributed by atoms with Gasteiger partial charge in [-0.25, -0.2) is 0 Å². The molecule has 1 aliphatic rings. The van der Waals surface area contributed by atoms with E-state index in [1.807, 2.05) is 30.5 Å². The number of benzene rings is 1. The molecule has 0 aliphatic carbocycles. The summed E-state index contributed by atoms with van der Waals surface area (Å²) in [5.74, 6) is -0.135. The average Bonchev–Trinajstić information content (AvgIpc) is 2.91. The van der Waals surface area contributed by atoms with E-state index in [0.29, 0.717) is 19.4 Å². The highest BCUT2D eigenvalue weighted by Gasteiger charge is 2.23. The third-order valence-electron chi connectivity index (χ3n) is 3.92. The summed E-state index contributed by atoms with van der Waals surface area (Å²) in [4.78, 5) is 26.8. The molecule has 110 valence electrons. The Bertz CT molecular complexity index is 662. The van der Waals surface area contributed by atoms with Gasteiger partial charge in [-0.15, -0.1) is 0 Å². The molecule has 1 unspecified atom stereocenters. The molecule has 0 bridgehead atoms. The average molecular weight is 285 g/mol. The highest BCUT2D eigenvalue weighted by atomic mass is 16.2. The zero-order valence-electron chi connectivity index (χ0n) is 11.8. The topological polar surface area (TPSA) is 74.0 Å². The molecule has 1 fully saturated rings. The Kier molecular flexibility index (Phi) is 3.90. The number of aromatic amines is 1. The first-order valence-corrected chi connectivity index (χ1v) is 7.36. The Labute approximate surface area is 123 Å². The number of para-hydroxylation sites is 1. The molecule has 1 saturated heterocycles. The number of rotatable bonds is 4. The van der Waals surface area contributed by atoms with Crippen LogP contribution in [-0.4, -0.2) is 29.4 Å². The quantitative estimate of drug-likeness (QED) is 0.796. The van der Waals surface area contributed by atoms with Crippen LogP contribution in [-0.2, 0) is 16.0 Å². The molecule has 0 radical (unpaired) electrons. The summed E-state index contributed by atoms with van der Waals surface area (Å²) in [6.07, 6.45) is 4.66. The molecule has 5 nitrogen and oxygen atoms in total. The molecule has 0 spiro atoms. The molecule has 0 saturated carbocycles. The van der Waals surface area contributed by atoms with Gasteiger partial charge in [0.15, 0.2) is 0 Å². The maximum atomic E-state index is 12.0. The molecule has 1 aromatic heterocycles. The number of carbonyl (C=O) groups is 2. The lowest BCUT2D eigenvalue weighted by Crippen LogP contribution is -2.50. The fourth-order valence-electron chi connectivity index (χ4n) is 2.76. The van der Waals surface area contributed by atoms with Crippen LogP contribution in [0.4, 0.5) is 0 Å². The van der Waals surface area contributed by atoms with E-state index in [-0.39, 0.29) is 17.9 Å². The van der Waals surface area contributed by atoms with E-state index >= 15 is 0 Å². The Morgan fingerprint density at radius 2 is 2.19 bits per heavy atom. The number of hydrogen-bond acceptors (Lipinski definition) is 2. The molecule has 3 rings (SSSR count). The second-order valence-electron chi connectivity index (χ2n) is 5.41. The van der Waals surface area contributed by atoms with Gasteiger partial charge in [0.25, 0.3) is 0 Å². The van der Waals surface area contributed by atoms with E-state index in [2.05, 4.69) is 15.6 Å². The largest absolute Gasteiger partial charge is 0.361 e. The first-order chi connectivity index (χ1) is 10.2. The van der Waals surface area contributed by atoms with Crippen molar-refractivity contribution in [1.82, 2.24) is 15.6 Å². The number of aromatic nitrogens is 1. The SMILES string of the molecule is O=C(CCc1c[nH]c2ccccc12)NC1CCCNC1=O. The van der Waals surface area contributed by atoms with Crippen LogP contribution in [0, 0.1) is 0 Å². The van der Waals surface area contributed by atoms with Crippen molar-refractivity contribution in [2.75, 3.05) is 6.54 Å². The van der Waals surface area contributed by atoms with Crippen molar-refractivity contribution in [3.63, 3.8) is 0 Å². The number of H-pyrrole nitrogens is 1. The monoisotopic (exact) mass is 285 g/mol. The highest BCUT2D eigenvalue weighted by molar-refractivity contribution is 5.88. The van der Waals surface area contributed by atoms with Gasteiger partial charge in [-0.3, -0.25) is 9.59 Å². The molecule has 1 aromatic carbocycles. The Morgan fingerprint density at radius 3 is 3.05 bits per heavy atom. The van der Waals surface area contributed by atoms with Crippen LogP contribution in [0.1, 0.15) is 24.8 Å². The number of amides is 2. The van der Waals surface area contributed by atoms with E-state index in [1.54, 1.807) is 0 Å². The van der Waals surface area contributed by atoms with E-state index in [0.717, 1.165) is 29.3 Å². The van der Waals surface area contributed by atoms with Crippen LogP contribution in [0.15, 0.2) is 30.5 Å². The summed E-state index contributed by atoms with van der Waals surface area (Å²) in [5, 5.41) is 6.74. The minimum Gasteiger partial charge on any atom is -0.361 e. The van der Waals surface area contributed by atoms with Gasteiger partial charge in [-0.05, 0) is 30.9 Å². The normalized spacial score (nSPS) is 18.5. The lowest BCUT2D eigenvalue weighted by atomic mass is 10.1. The van der Waals surface area contributed by atoms with Crippen LogP contribution in [0.2, 0.25) is 0 Å². The predicted octanol–water partition coefficient (Wildman–Crippen LogP) is 1.50. The van der Waals surface area contributed by atoms with Crippen molar-refractivity contribution in [1.29, 1.82) is 0 Å². The maximum Gasteiger partial charge on any atom is 0.242 e. The van der Waals surface area contributed by atoms with Crippen molar-refractivity contribution in [3.8, 4) is 0 Å². The van der Waals surface area contributed by atoms with Gasteiger partial charge in [0.1, 0.15) is 6.04 Å². The van der Waals surface area contributed by atoms with Crippen molar-refractivity contribution in [2.45, 2.75) is 31.7 Å². The molecule has 1 aliphatic heterocycles. The molecule has 3 N–H and O–H groups in total. The molecule has 21 heavy (non-hydrogen) atoms. The van der Waals surface area contributed by atoms with Gasteiger partial charge in [0.05, 0.1) is 0 Å². The number of carbonyl (C=O) groups excluding carboxylic acids is 2. The van der Waals surface area contributed by atoms with Gasteiger partial charge in [0, 0.05) is 30.1 Å². The van der Waals surface area contributed by atoms with Crippen molar-refractivity contribution < 1.29 is 9.59 Å². The summed E-state index contributed by atoms with van der Waals surface area (Å²) in [6.45, 7) is 0.709. The summed E-state index contributed by atoms with van der Waals surface area (Å²) in [7, 11) is 0. The second-order valence-corrected chi connectivity index (χ2v) is 5.41. The van der Waals surface area contributed by atoms with Crippen molar-refractivity contribution >= 4 is 22.7 Å². The van der Waals surface area contributed by atoms with Gasteiger partial charge in [-0.1, -0.05) is 18.2 Å². The van der Waals surface area contributed by atoms with E-state index in [4.69, 9.17) is 0 Å². The highest BCUT2D eigenvalue weighted by Crippen LogP contribution is 2.18. The number of piperidine rings is 1. The van der Waals surface area contributed by atoms with Crippen LogP contribution in [0.3, 0.4) is 0 Å². The van der Waals surface area contributed by atoms with Gasteiger partial charge >= 0.3 is 0 Å². The Hall–Kier alpha value is -2.30. The van der Waals surface area contributed by atoms with E-state index in [9.17, 15) is 9.59 Å². The first kappa shape index (κ1) is 13.7. The van der Waals surface area contributed by atoms with Crippen LogP contribution >= 0.6 is 0 Å². The Balaban J connectivity index is 1.57. The molecular weight excluding hydrogens is 266 g/mol. The molecule has 1 atom stereocenters. The van der Waals surface area contributed by atoms with Gasteiger partial charge < -0.3 is 15.6 Å². The third kappa shape index (κ3) is 3.07. The number of aryl methyl sites for hydroxylation is 1. The smallest absolute Gasteiger partial charge is 0.242 e. The standard InChI is InChI=1S/C16H19N3O2/c20-15(19-14-6-3-9-17-16(14)21)8-7-11-10-18-13-5-2-1-4-12(11)13/h1-2,4-5,10,14,18H,3,6-9H2,(H,17,21)(H,19,20). The number of hydrogen-bond donors (Lipinski definition) is 3. The lowest BCUT2D eigenvalue weighted by Gasteiger charge is -2.22. The van der Waals surface area contributed by atoms with Crippen LogP contribution in [0.5, 0.6) is 0 Å². The van der Waals surface area contributed by atoms with Gasteiger partial charge in [0.2, 0.25) is 11.8 Å². The lowest BCUT2D eigenvalue weighted by molar-refractivity contribution is -0.130. The molecule has 5 heteroatoms. The van der Waals surface area contributed by atoms with Crippen molar-refractivity contribution in [3.05, 3.63) is 36.0 Å². The second kappa shape index (κ2) is 5.99. The summed E-state index contributed by atoms with van der Waals surface area (Å²) in [6, 6.07) is 7.68. The van der Waals surface area contributed by atoms with E-state index < -0.39 is 0 Å². The third-order valence-corrected chi connectivity index (χ3v) is 3.92. The fourth-order valence-corrected chi connectivity index (χ4v) is 2.76. The van der Waals surface area contributed by atoms with Crippen molar-refractivity contribution in [2.24, 2.45) is 0 Å². The summed E-state index contributed by atoms with van der Waals surface area (Å²) >= 11 is 0. The zero-order chi connectivity index (χ0) is 14.7. The summed E-state index contributed by atoms with van der Waals surface area (Å²) in [5.41, 5.74) is 2.22. The van der Waals surface area contributed by atoms with Crippen LogP contribution in [0.25, 0.3) is 10.9 Å². The number of nitrogens with one attached hydrogen (secondary N) is 3. The van der Waals surface area contributed by atoms with E-state index in [1.165, 1.54) is 0 Å². The fraction of sp³-hybridized carbons (Fsp3) is 0.375. The zero-order valence-corrected chi connectivity index (χ0v) is 11.8. The molecule has 2 heterocycles. The molecule has 2 aromatic rings. The minimum atomic E-state index is -0.366. The molecular formula is C16H19N3O2. The number of fused-ring (bicyclic) bond motifs is 1. The van der Waals surface area contributed by atoms with Crippen LogP contribution < -0.4 is 10.6 Å². The first-order valence-electron chi connectivity index (χ1n) is 7.36. The predicted molar refractivity (Wildman–Crippen MR) is 80.8 cm³/mol. The minimum absolute atomic E-state index is 0.0673. The maximum absolute atomic E-state index is 12.0.